The third kappa shape index (κ3) is 2.85. The molecular formula is C17H20N4O6. The van der Waals surface area contributed by atoms with Gasteiger partial charge in [-0.15, -0.1) is 0 Å². The van der Waals surface area contributed by atoms with Crippen LogP contribution < -0.4 is 10.7 Å². The number of aromatic hydroxyl groups is 1. The Hall–Kier alpha value is -2.88. The molecule has 0 saturated carbocycles. The van der Waals surface area contributed by atoms with Crippen LogP contribution >= 0.6 is 0 Å². The molecule has 0 radical (unpaired) electrons. The van der Waals surface area contributed by atoms with E-state index in [1.54, 1.807) is 0 Å². The van der Waals surface area contributed by atoms with E-state index in [0.717, 1.165) is 0 Å². The molecular weight excluding hydrogens is 356 g/mol. The van der Waals surface area contributed by atoms with Crippen LogP contribution in [0, 0.1) is 0 Å². The Morgan fingerprint density at radius 3 is 2.85 bits per heavy atom. The van der Waals surface area contributed by atoms with Crippen molar-refractivity contribution in [2.24, 2.45) is 4.99 Å². The standard InChI is InChI=1S/C17H20N4O6/c1-8-6-26-11(19-8)3-18-16(24)10-4-20-5-12-21(9(2)7-27-12)17(25)13(20)15(23)14(10)22/h4,8-9,12,23H,3,5-7H2,1-2H3,(H,18,24)/t8?,9-,12+/m0/s1. The summed E-state index contributed by atoms with van der Waals surface area (Å²) < 4.78 is 12.3. The Bertz CT molecular complexity index is 907. The highest BCUT2D eigenvalue weighted by atomic mass is 16.5. The van der Waals surface area contributed by atoms with Gasteiger partial charge in [0.05, 0.1) is 31.8 Å². The summed E-state index contributed by atoms with van der Waals surface area (Å²) in [5.41, 5.74) is -1.27. The van der Waals surface area contributed by atoms with Crippen LogP contribution in [0.25, 0.3) is 0 Å². The van der Waals surface area contributed by atoms with Gasteiger partial charge in [0, 0.05) is 6.20 Å². The zero-order chi connectivity index (χ0) is 19.3. The van der Waals surface area contributed by atoms with Gasteiger partial charge in [-0.05, 0) is 13.8 Å². The number of fused-ring (bicyclic) bond motifs is 2. The molecule has 10 nitrogen and oxygen atoms in total. The average molecular weight is 376 g/mol. The minimum atomic E-state index is -0.888. The van der Waals surface area contributed by atoms with Gasteiger partial charge in [0.25, 0.3) is 11.8 Å². The second-order valence-electron chi connectivity index (χ2n) is 6.94. The van der Waals surface area contributed by atoms with E-state index in [4.69, 9.17) is 9.47 Å². The molecule has 3 aliphatic heterocycles. The molecule has 144 valence electrons. The van der Waals surface area contributed by atoms with Crippen molar-refractivity contribution < 1.29 is 24.2 Å². The summed E-state index contributed by atoms with van der Waals surface area (Å²) in [7, 11) is 0. The predicted octanol–water partition coefficient (Wildman–Crippen LogP) is -0.698. The smallest absolute Gasteiger partial charge is 0.276 e. The van der Waals surface area contributed by atoms with Gasteiger partial charge in [-0.2, -0.15) is 0 Å². The SMILES string of the molecule is CC1COC(CNC(=O)c2cn3c(c(O)c2=O)C(=O)N2[C@@H](C)CO[C@@H]2C3)=N1. The lowest BCUT2D eigenvalue weighted by Crippen LogP contribution is -2.49. The molecule has 4 heterocycles. The van der Waals surface area contributed by atoms with Crippen molar-refractivity contribution >= 4 is 17.7 Å². The number of aromatic nitrogens is 1. The number of hydrogen-bond donors (Lipinski definition) is 2. The molecule has 2 N–H and O–H groups in total. The summed E-state index contributed by atoms with van der Waals surface area (Å²) in [6.45, 7) is 4.82. The van der Waals surface area contributed by atoms with Crippen LogP contribution in [0.3, 0.4) is 0 Å². The van der Waals surface area contributed by atoms with Gasteiger partial charge in [-0.1, -0.05) is 0 Å². The maximum absolute atomic E-state index is 12.7. The lowest BCUT2D eigenvalue weighted by Gasteiger charge is -2.33. The number of rotatable bonds is 3. The maximum atomic E-state index is 12.7. The van der Waals surface area contributed by atoms with Crippen LogP contribution in [0.15, 0.2) is 16.0 Å². The summed E-state index contributed by atoms with van der Waals surface area (Å²) >= 11 is 0. The van der Waals surface area contributed by atoms with E-state index >= 15 is 0 Å². The zero-order valence-electron chi connectivity index (χ0n) is 15.0. The molecule has 1 aromatic rings. The first-order chi connectivity index (χ1) is 12.9. The number of ether oxygens (including phenoxy) is 2. The van der Waals surface area contributed by atoms with E-state index in [1.807, 2.05) is 13.8 Å². The molecule has 0 aromatic carbocycles. The summed E-state index contributed by atoms with van der Waals surface area (Å²) in [5, 5.41) is 12.9. The fraction of sp³-hybridized carbons (Fsp3) is 0.529. The van der Waals surface area contributed by atoms with Crippen molar-refractivity contribution in [3.63, 3.8) is 0 Å². The topological polar surface area (TPSA) is 122 Å². The van der Waals surface area contributed by atoms with Crippen LogP contribution in [0.4, 0.5) is 0 Å². The van der Waals surface area contributed by atoms with Crippen LogP contribution in [-0.2, 0) is 16.0 Å². The van der Waals surface area contributed by atoms with Gasteiger partial charge in [0.1, 0.15) is 12.2 Å². The molecule has 1 unspecified atom stereocenters. The number of carbonyl (C=O) groups excluding carboxylic acids is 2. The van der Waals surface area contributed by atoms with Crippen LogP contribution in [0.2, 0.25) is 0 Å². The molecule has 3 atom stereocenters. The van der Waals surface area contributed by atoms with Crippen molar-refractivity contribution in [1.82, 2.24) is 14.8 Å². The molecule has 10 heteroatoms. The second-order valence-corrected chi connectivity index (χ2v) is 6.94. The van der Waals surface area contributed by atoms with Crippen LogP contribution in [-0.4, -0.2) is 70.4 Å². The van der Waals surface area contributed by atoms with Gasteiger partial charge >= 0.3 is 0 Å². The van der Waals surface area contributed by atoms with Gasteiger partial charge in [0.2, 0.25) is 11.3 Å². The lowest BCUT2D eigenvalue weighted by atomic mass is 10.1. The number of pyridine rings is 1. The molecule has 27 heavy (non-hydrogen) atoms. The number of nitrogens with zero attached hydrogens (tertiary/aromatic N) is 3. The highest BCUT2D eigenvalue weighted by molar-refractivity contribution is 6.00. The average Bonchev–Trinajstić information content (AvgIpc) is 3.21. The molecule has 4 rings (SSSR count). The molecule has 0 aliphatic carbocycles. The lowest BCUT2D eigenvalue weighted by molar-refractivity contribution is 0.00625. The van der Waals surface area contributed by atoms with E-state index < -0.39 is 29.2 Å². The van der Waals surface area contributed by atoms with Gasteiger partial charge in [-0.3, -0.25) is 14.4 Å². The van der Waals surface area contributed by atoms with Crippen LogP contribution in [0.1, 0.15) is 34.7 Å². The molecule has 2 amide bonds. The van der Waals surface area contributed by atoms with Crippen molar-refractivity contribution in [1.29, 1.82) is 0 Å². The highest BCUT2D eigenvalue weighted by Gasteiger charge is 2.42. The van der Waals surface area contributed by atoms with Crippen molar-refractivity contribution in [3.05, 3.63) is 27.7 Å². The molecule has 1 aromatic heterocycles. The first kappa shape index (κ1) is 17.5. The van der Waals surface area contributed by atoms with E-state index in [1.165, 1.54) is 15.7 Å². The van der Waals surface area contributed by atoms with Crippen molar-refractivity contribution in [2.75, 3.05) is 19.8 Å². The van der Waals surface area contributed by atoms with Crippen LogP contribution in [0.5, 0.6) is 5.75 Å². The van der Waals surface area contributed by atoms with E-state index in [9.17, 15) is 19.5 Å². The van der Waals surface area contributed by atoms with E-state index in [2.05, 4.69) is 10.3 Å². The number of aliphatic imine (C=N–C) groups is 1. The quantitative estimate of drug-likeness (QED) is 0.719. The third-order valence-corrected chi connectivity index (χ3v) is 4.86. The molecule has 1 fully saturated rings. The fourth-order valence-corrected chi connectivity index (χ4v) is 3.52. The monoisotopic (exact) mass is 376 g/mol. The summed E-state index contributed by atoms with van der Waals surface area (Å²) in [6.07, 6.45) is 0.800. The second kappa shape index (κ2) is 6.38. The number of hydrogen-bond acceptors (Lipinski definition) is 7. The Morgan fingerprint density at radius 2 is 2.15 bits per heavy atom. The zero-order valence-corrected chi connectivity index (χ0v) is 15.0. The molecule has 0 spiro atoms. The minimum absolute atomic E-state index is 0.0260. The third-order valence-electron chi connectivity index (χ3n) is 4.86. The van der Waals surface area contributed by atoms with Gasteiger partial charge in [0.15, 0.2) is 17.7 Å². The Morgan fingerprint density at radius 1 is 1.37 bits per heavy atom. The first-order valence-corrected chi connectivity index (χ1v) is 8.75. The highest BCUT2D eigenvalue weighted by Crippen LogP contribution is 2.29. The summed E-state index contributed by atoms with van der Waals surface area (Å²) in [6, 6.07) is -0.124. The largest absolute Gasteiger partial charge is 0.503 e. The Balaban J connectivity index is 1.62. The number of amides is 2. The van der Waals surface area contributed by atoms with E-state index in [-0.39, 0.29) is 36.4 Å². The summed E-state index contributed by atoms with van der Waals surface area (Å²) in [5.74, 6) is -1.50. The molecule has 1 saturated heterocycles. The Labute approximate surface area is 154 Å². The maximum Gasteiger partial charge on any atom is 0.276 e. The fourth-order valence-electron chi connectivity index (χ4n) is 3.52. The van der Waals surface area contributed by atoms with Gasteiger partial charge in [-0.25, -0.2) is 4.99 Å². The first-order valence-electron chi connectivity index (χ1n) is 8.75. The van der Waals surface area contributed by atoms with Crippen molar-refractivity contribution in [2.45, 2.75) is 38.7 Å². The van der Waals surface area contributed by atoms with Crippen molar-refractivity contribution in [3.8, 4) is 5.75 Å². The predicted molar refractivity (Wildman–Crippen MR) is 92.9 cm³/mol. The van der Waals surface area contributed by atoms with E-state index in [0.29, 0.717) is 19.1 Å². The molecule has 0 bridgehead atoms. The molecule has 3 aliphatic rings. The number of carbonyl (C=O) groups is 2. The van der Waals surface area contributed by atoms with Gasteiger partial charge < -0.3 is 29.4 Å². The Kier molecular flexibility index (Phi) is 4.14. The number of nitrogens with one attached hydrogen (secondary N) is 1. The minimum Gasteiger partial charge on any atom is -0.503 e. The normalized spacial score (nSPS) is 26.3. The summed E-state index contributed by atoms with van der Waals surface area (Å²) in [4.78, 5) is 43.3.